The van der Waals surface area contributed by atoms with Crippen LogP contribution in [0.1, 0.15) is 32.1 Å². The van der Waals surface area contributed by atoms with Crippen LogP contribution in [-0.4, -0.2) is 34.8 Å². The number of carbonyl (C=O) groups excluding carboxylic acids is 2. The van der Waals surface area contributed by atoms with Gasteiger partial charge in [-0.15, -0.1) is 11.3 Å². The number of hydrogen-bond donors (Lipinski definition) is 1. The van der Waals surface area contributed by atoms with Crippen molar-refractivity contribution in [1.29, 1.82) is 0 Å². The summed E-state index contributed by atoms with van der Waals surface area (Å²) in [6.45, 7) is 6.08. The normalized spacial score (nSPS) is 20.9. The molecular weight excluding hydrogens is 260 g/mol. The zero-order valence-corrected chi connectivity index (χ0v) is 12.4. The van der Waals surface area contributed by atoms with E-state index in [1.165, 1.54) is 4.88 Å². The van der Waals surface area contributed by atoms with E-state index in [1.807, 2.05) is 23.3 Å². The number of carbonyl (C=O) groups is 2. The molecule has 1 fully saturated rings. The highest BCUT2D eigenvalue weighted by Crippen LogP contribution is 2.19. The van der Waals surface area contributed by atoms with Crippen LogP contribution in [-0.2, 0) is 16.0 Å². The van der Waals surface area contributed by atoms with E-state index in [0.717, 1.165) is 6.42 Å². The summed E-state index contributed by atoms with van der Waals surface area (Å²) in [5.41, 5.74) is -0.808. The molecule has 0 aliphatic carbocycles. The molecule has 104 valence electrons. The lowest BCUT2D eigenvalue weighted by atomic mass is 10.0. The van der Waals surface area contributed by atoms with E-state index in [2.05, 4.69) is 11.4 Å². The molecule has 5 heteroatoms. The van der Waals surface area contributed by atoms with Crippen LogP contribution in [0.5, 0.6) is 0 Å². The molecule has 19 heavy (non-hydrogen) atoms. The molecule has 0 radical (unpaired) electrons. The quantitative estimate of drug-likeness (QED) is 0.918. The van der Waals surface area contributed by atoms with Crippen molar-refractivity contribution in [3.8, 4) is 0 Å². The van der Waals surface area contributed by atoms with Crippen LogP contribution in [0.4, 0.5) is 0 Å². The summed E-state index contributed by atoms with van der Waals surface area (Å²) in [6.07, 6.45) is 1.22. The third kappa shape index (κ3) is 3.15. The fourth-order valence-electron chi connectivity index (χ4n) is 2.40. The van der Waals surface area contributed by atoms with Crippen molar-refractivity contribution in [3.05, 3.63) is 22.4 Å². The van der Waals surface area contributed by atoms with E-state index in [-0.39, 0.29) is 17.9 Å². The van der Waals surface area contributed by atoms with Crippen LogP contribution in [0.2, 0.25) is 0 Å². The third-order valence-electron chi connectivity index (χ3n) is 3.44. The highest BCUT2D eigenvalue weighted by Gasteiger charge is 2.38. The summed E-state index contributed by atoms with van der Waals surface area (Å²) in [6, 6.07) is 4.21. The Morgan fingerprint density at radius 3 is 2.84 bits per heavy atom. The lowest BCUT2D eigenvalue weighted by Crippen LogP contribution is -2.54. The molecule has 0 bridgehead atoms. The molecule has 0 saturated carbocycles. The molecule has 1 saturated heterocycles. The number of thiophene rings is 1. The van der Waals surface area contributed by atoms with Gasteiger partial charge in [-0.1, -0.05) is 6.07 Å². The Kier molecular flexibility index (Phi) is 3.94. The zero-order valence-electron chi connectivity index (χ0n) is 11.6. The molecule has 0 aromatic carbocycles. The first kappa shape index (κ1) is 14.1. The maximum Gasteiger partial charge on any atom is 0.248 e. The van der Waals surface area contributed by atoms with Crippen molar-refractivity contribution >= 4 is 23.2 Å². The van der Waals surface area contributed by atoms with E-state index in [0.29, 0.717) is 13.0 Å². The Labute approximate surface area is 117 Å². The molecule has 0 spiro atoms. The van der Waals surface area contributed by atoms with Crippen LogP contribution in [0, 0.1) is 0 Å². The van der Waals surface area contributed by atoms with Crippen LogP contribution in [0.25, 0.3) is 0 Å². The smallest absolute Gasteiger partial charge is 0.248 e. The largest absolute Gasteiger partial charge is 0.342 e. The van der Waals surface area contributed by atoms with Gasteiger partial charge >= 0.3 is 0 Å². The molecule has 1 aliphatic rings. The molecule has 1 aromatic heterocycles. The van der Waals surface area contributed by atoms with E-state index >= 15 is 0 Å². The maximum atomic E-state index is 12.5. The SMILES string of the molecule is CC(Cc1cccs1)N1CCC(=O)NC(C)(C)C1=O. The zero-order chi connectivity index (χ0) is 14.0. The van der Waals surface area contributed by atoms with E-state index in [9.17, 15) is 9.59 Å². The van der Waals surface area contributed by atoms with Crippen LogP contribution < -0.4 is 5.32 Å². The monoisotopic (exact) mass is 280 g/mol. The summed E-state index contributed by atoms with van der Waals surface area (Å²) < 4.78 is 0. The number of nitrogens with zero attached hydrogens (tertiary/aromatic N) is 1. The first-order chi connectivity index (χ1) is 8.90. The number of rotatable bonds is 3. The highest BCUT2D eigenvalue weighted by molar-refractivity contribution is 7.09. The molecule has 2 rings (SSSR count). The minimum absolute atomic E-state index is 0.00223. The Balaban J connectivity index is 2.13. The van der Waals surface area contributed by atoms with Crippen LogP contribution in [0.15, 0.2) is 17.5 Å². The van der Waals surface area contributed by atoms with Crippen molar-refractivity contribution in [3.63, 3.8) is 0 Å². The Hall–Kier alpha value is -1.36. The standard InChI is InChI=1S/C14H20N2O2S/c1-10(9-11-5-4-8-19-11)16-7-6-12(17)15-14(2,3)13(16)18/h4-5,8,10H,6-7,9H2,1-3H3,(H,15,17). The minimum atomic E-state index is -0.808. The van der Waals surface area contributed by atoms with Gasteiger partial charge < -0.3 is 10.2 Å². The van der Waals surface area contributed by atoms with Gasteiger partial charge in [-0.05, 0) is 32.2 Å². The first-order valence-corrected chi connectivity index (χ1v) is 7.42. The van der Waals surface area contributed by atoms with Gasteiger partial charge in [-0.3, -0.25) is 9.59 Å². The van der Waals surface area contributed by atoms with Gasteiger partial charge in [0.2, 0.25) is 11.8 Å². The van der Waals surface area contributed by atoms with E-state index < -0.39 is 5.54 Å². The summed E-state index contributed by atoms with van der Waals surface area (Å²) in [7, 11) is 0. The minimum Gasteiger partial charge on any atom is -0.342 e. The number of hydrogen-bond acceptors (Lipinski definition) is 3. The van der Waals surface area contributed by atoms with Gasteiger partial charge in [0, 0.05) is 30.3 Å². The summed E-state index contributed by atoms with van der Waals surface area (Å²) in [4.78, 5) is 27.2. The van der Waals surface area contributed by atoms with Crippen molar-refractivity contribution in [2.45, 2.75) is 45.2 Å². The Morgan fingerprint density at radius 2 is 2.21 bits per heavy atom. The predicted octanol–water partition coefficient (Wildman–Crippen LogP) is 1.81. The third-order valence-corrected chi connectivity index (χ3v) is 4.33. The van der Waals surface area contributed by atoms with Crippen molar-refractivity contribution in [2.75, 3.05) is 6.54 Å². The molecule has 1 aliphatic heterocycles. The summed E-state index contributed by atoms with van der Waals surface area (Å²) in [5, 5.41) is 4.83. The average Bonchev–Trinajstić information content (AvgIpc) is 2.77. The topological polar surface area (TPSA) is 49.4 Å². The Morgan fingerprint density at radius 1 is 1.47 bits per heavy atom. The van der Waals surface area contributed by atoms with Gasteiger partial charge in [0.25, 0.3) is 0 Å². The highest BCUT2D eigenvalue weighted by atomic mass is 32.1. The average molecular weight is 280 g/mol. The van der Waals surface area contributed by atoms with Gasteiger partial charge in [-0.2, -0.15) is 0 Å². The second-order valence-electron chi connectivity index (χ2n) is 5.55. The summed E-state index contributed by atoms with van der Waals surface area (Å²) >= 11 is 1.70. The fourth-order valence-corrected chi connectivity index (χ4v) is 3.22. The van der Waals surface area contributed by atoms with Crippen LogP contribution >= 0.6 is 11.3 Å². The van der Waals surface area contributed by atoms with Crippen molar-refractivity contribution in [2.24, 2.45) is 0 Å². The van der Waals surface area contributed by atoms with Crippen LogP contribution in [0.3, 0.4) is 0 Å². The van der Waals surface area contributed by atoms with Gasteiger partial charge in [-0.25, -0.2) is 0 Å². The van der Waals surface area contributed by atoms with Crippen molar-refractivity contribution in [1.82, 2.24) is 10.2 Å². The van der Waals surface area contributed by atoms with Gasteiger partial charge in [0.15, 0.2) is 0 Å². The number of amides is 2. The predicted molar refractivity (Wildman–Crippen MR) is 76.0 cm³/mol. The lowest BCUT2D eigenvalue weighted by Gasteiger charge is -2.33. The Bertz CT molecular complexity index is 468. The molecule has 1 unspecified atom stereocenters. The van der Waals surface area contributed by atoms with E-state index in [4.69, 9.17) is 0 Å². The molecule has 2 heterocycles. The molecule has 1 atom stereocenters. The van der Waals surface area contributed by atoms with E-state index in [1.54, 1.807) is 25.2 Å². The molecular formula is C14H20N2O2S. The number of nitrogens with one attached hydrogen (secondary N) is 1. The molecule has 4 nitrogen and oxygen atoms in total. The van der Waals surface area contributed by atoms with Gasteiger partial charge in [0.05, 0.1) is 0 Å². The fraction of sp³-hybridized carbons (Fsp3) is 0.571. The van der Waals surface area contributed by atoms with Crippen molar-refractivity contribution < 1.29 is 9.59 Å². The summed E-state index contributed by atoms with van der Waals surface area (Å²) in [5.74, 6) is -0.0495. The second kappa shape index (κ2) is 5.33. The second-order valence-corrected chi connectivity index (χ2v) is 6.59. The molecule has 2 amide bonds. The maximum absolute atomic E-state index is 12.5. The van der Waals surface area contributed by atoms with Gasteiger partial charge in [0.1, 0.15) is 5.54 Å². The first-order valence-electron chi connectivity index (χ1n) is 6.54. The molecule has 1 N–H and O–H groups in total. The lowest BCUT2D eigenvalue weighted by molar-refractivity contribution is -0.139. The molecule has 1 aromatic rings.